The number of aliphatic hydroxyl groups excluding tert-OH is 1. The van der Waals surface area contributed by atoms with Gasteiger partial charge < -0.3 is 10.8 Å². The lowest BCUT2D eigenvalue weighted by molar-refractivity contribution is 0.00575. The zero-order valence-corrected chi connectivity index (χ0v) is 9.09. The Morgan fingerprint density at radius 2 is 1.54 bits per heavy atom. The lowest BCUT2D eigenvalue weighted by atomic mass is 9.65. The third kappa shape index (κ3) is 0.701. The molecule has 0 radical (unpaired) electrons. The summed E-state index contributed by atoms with van der Waals surface area (Å²) in [5.74, 6) is 0. The number of hydrogen-bond acceptors (Lipinski definition) is 2. The number of rotatable bonds is 0. The zero-order chi connectivity index (χ0) is 10.1. The van der Waals surface area contributed by atoms with Crippen molar-refractivity contribution in [2.24, 2.45) is 22.0 Å². The van der Waals surface area contributed by atoms with Crippen LogP contribution in [0.25, 0.3) is 0 Å². The fraction of sp³-hybridized carbons (Fsp3) is 1.00. The van der Waals surface area contributed by atoms with Gasteiger partial charge in [-0.25, -0.2) is 0 Å². The Balaban J connectivity index is 2.54. The van der Waals surface area contributed by atoms with E-state index >= 15 is 0 Å². The van der Waals surface area contributed by atoms with Crippen LogP contribution in [0.4, 0.5) is 0 Å². The Bertz CT molecular complexity index is 221. The Kier molecular flexibility index (Phi) is 1.54. The summed E-state index contributed by atoms with van der Waals surface area (Å²) in [6.07, 6.45) is 1.96. The SMILES string of the molecule is CC1(C)[C@@]2(C)CC[C@]1(C)C(O)[C@@H]2N. The summed E-state index contributed by atoms with van der Waals surface area (Å²) in [6.45, 7) is 8.95. The van der Waals surface area contributed by atoms with Gasteiger partial charge in [-0.3, -0.25) is 0 Å². The van der Waals surface area contributed by atoms with E-state index in [1.54, 1.807) is 0 Å². The molecule has 0 aromatic heterocycles. The smallest absolute Gasteiger partial charge is 0.0755 e. The molecule has 0 aromatic carbocycles. The quantitative estimate of drug-likeness (QED) is 0.598. The number of aliphatic hydroxyl groups is 1. The van der Waals surface area contributed by atoms with Gasteiger partial charge in [-0.15, -0.1) is 0 Å². The zero-order valence-electron chi connectivity index (χ0n) is 9.09. The minimum absolute atomic E-state index is 0.0289. The predicted molar refractivity (Wildman–Crippen MR) is 53.2 cm³/mol. The van der Waals surface area contributed by atoms with Gasteiger partial charge in [-0.05, 0) is 23.7 Å². The molecule has 4 atom stereocenters. The highest BCUT2D eigenvalue weighted by atomic mass is 16.3. The Hall–Kier alpha value is -0.0800. The van der Waals surface area contributed by atoms with E-state index < -0.39 is 0 Å². The second kappa shape index (κ2) is 2.12. The molecule has 2 aliphatic rings. The first-order valence-electron chi connectivity index (χ1n) is 5.21. The molecule has 0 aromatic rings. The van der Waals surface area contributed by atoms with Gasteiger partial charge in [0.25, 0.3) is 0 Å². The van der Waals surface area contributed by atoms with Crippen LogP contribution >= 0.6 is 0 Å². The van der Waals surface area contributed by atoms with Gasteiger partial charge in [0, 0.05) is 11.5 Å². The number of nitrogens with two attached hydrogens (primary N) is 1. The van der Waals surface area contributed by atoms with Crippen molar-refractivity contribution in [3.63, 3.8) is 0 Å². The molecule has 76 valence electrons. The maximum Gasteiger partial charge on any atom is 0.0755 e. The molecule has 2 aliphatic carbocycles. The van der Waals surface area contributed by atoms with Crippen molar-refractivity contribution >= 4 is 0 Å². The molecule has 2 nitrogen and oxygen atoms in total. The summed E-state index contributed by atoms with van der Waals surface area (Å²) < 4.78 is 0. The maximum absolute atomic E-state index is 10.1. The van der Waals surface area contributed by atoms with E-state index in [0.717, 1.165) is 12.8 Å². The molecule has 13 heavy (non-hydrogen) atoms. The first-order chi connectivity index (χ1) is 5.77. The fourth-order valence-electron chi connectivity index (χ4n) is 3.64. The van der Waals surface area contributed by atoms with E-state index in [2.05, 4.69) is 27.7 Å². The van der Waals surface area contributed by atoms with Gasteiger partial charge >= 0.3 is 0 Å². The second-order valence-electron chi connectivity index (χ2n) is 5.93. The normalized spacial score (nSPS) is 58.6. The van der Waals surface area contributed by atoms with Crippen LogP contribution in [0.3, 0.4) is 0 Å². The molecular weight excluding hydrogens is 162 g/mol. The molecule has 2 saturated carbocycles. The topological polar surface area (TPSA) is 46.2 Å². The molecular formula is C11H21NO. The number of fused-ring (bicyclic) bond motifs is 2. The summed E-state index contributed by atoms with van der Waals surface area (Å²) in [7, 11) is 0. The molecule has 0 saturated heterocycles. The van der Waals surface area contributed by atoms with Gasteiger partial charge in [-0.1, -0.05) is 27.7 Å². The molecule has 0 heterocycles. The van der Waals surface area contributed by atoms with Crippen molar-refractivity contribution < 1.29 is 5.11 Å². The molecule has 2 bridgehead atoms. The Morgan fingerprint density at radius 3 is 1.77 bits per heavy atom. The average molecular weight is 183 g/mol. The third-order valence-corrected chi connectivity index (χ3v) is 5.75. The van der Waals surface area contributed by atoms with E-state index in [-0.39, 0.29) is 28.4 Å². The van der Waals surface area contributed by atoms with Crippen molar-refractivity contribution in [3.8, 4) is 0 Å². The van der Waals surface area contributed by atoms with Crippen molar-refractivity contribution in [1.82, 2.24) is 0 Å². The van der Waals surface area contributed by atoms with Crippen molar-refractivity contribution in [2.45, 2.75) is 52.7 Å². The summed E-state index contributed by atoms with van der Waals surface area (Å²) in [5, 5.41) is 10.1. The highest BCUT2D eigenvalue weighted by molar-refractivity contribution is 5.22. The van der Waals surface area contributed by atoms with E-state index in [4.69, 9.17) is 5.73 Å². The van der Waals surface area contributed by atoms with Crippen LogP contribution in [-0.2, 0) is 0 Å². The van der Waals surface area contributed by atoms with Crippen LogP contribution in [0.15, 0.2) is 0 Å². The minimum Gasteiger partial charge on any atom is -0.391 e. The van der Waals surface area contributed by atoms with Crippen molar-refractivity contribution in [1.29, 1.82) is 0 Å². The van der Waals surface area contributed by atoms with Gasteiger partial charge in [0.1, 0.15) is 0 Å². The van der Waals surface area contributed by atoms with Gasteiger partial charge in [-0.2, -0.15) is 0 Å². The Morgan fingerprint density at radius 1 is 1.08 bits per heavy atom. The first kappa shape index (κ1) is 9.47. The lowest BCUT2D eigenvalue weighted by Gasteiger charge is -2.39. The molecule has 3 N–H and O–H groups in total. The van der Waals surface area contributed by atoms with Crippen LogP contribution in [0, 0.1) is 16.2 Å². The van der Waals surface area contributed by atoms with Gasteiger partial charge in [0.2, 0.25) is 0 Å². The fourth-order valence-corrected chi connectivity index (χ4v) is 3.64. The summed E-state index contributed by atoms with van der Waals surface area (Å²) in [6, 6.07) is -0.0405. The van der Waals surface area contributed by atoms with E-state index in [9.17, 15) is 5.11 Å². The van der Waals surface area contributed by atoms with Crippen LogP contribution in [-0.4, -0.2) is 17.3 Å². The van der Waals surface area contributed by atoms with Gasteiger partial charge in [0.15, 0.2) is 0 Å². The molecule has 1 unspecified atom stereocenters. The van der Waals surface area contributed by atoms with Crippen LogP contribution in [0.1, 0.15) is 40.5 Å². The first-order valence-corrected chi connectivity index (χ1v) is 5.21. The average Bonchev–Trinajstić information content (AvgIpc) is 2.28. The van der Waals surface area contributed by atoms with E-state index in [1.807, 2.05) is 0 Å². The molecule has 0 spiro atoms. The van der Waals surface area contributed by atoms with Crippen LogP contribution in [0.2, 0.25) is 0 Å². The summed E-state index contributed by atoms with van der Waals surface area (Å²) in [5.41, 5.74) is 6.43. The molecule has 0 aliphatic heterocycles. The third-order valence-electron chi connectivity index (χ3n) is 5.75. The van der Waals surface area contributed by atoms with E-state index in [0.29, 0.717) is 0 Å². The molecule has 0 amide bonds. The Labute approximate surface area is 80.5 Å². The largest absolute Gasteiger partial charge is 0.391 e. The molecule has 2 heteroatoms. The van der Waals surface area contributed by atoms with Gasteiger partial charge in [0.05, 0.1) is 6.10 Å². The van der Waals surface area contributed by atoms with Crippen molar-refractivity contribution in [2.75, 3.05) is 0 Å². The maximum atomic E-state index is 10.1. The van der Waals surface area contributed by atoms with Crippen molar-refractivity contribution in [3.05, 3.63) is 0 Å². The predicted octanol–water partition coefficient (Wildman–Crippen LogP) is 1.52. The summed E-state index contributed by atoms with van der Waals surface area (Å²) >= 11 is 0. The minimum atomic E-state index is -0.318. The highest BCUT2D eigenvalue weighted by Gasteiger charge is 2.70. The number of hydrogen-bond donors (Lipinski definition) is 2. The molecule has 2 rings (SSSR count). The lowest BCUT2D eigenvalue weighted by Crippen LogP contribution is -2.47. The standard InChI is InChI=1S/C11H21NO/c1-9(2)10(3)5-6-11(9,4)8(13)7(10)12/h7-8,13H,5-6,12H2,1-4H3/t7-,8?,10-,11+/m0/s1. The van der Waals surface area contributed by atoms with E-state index in [1.165, 1.54) is 0 Å². The summed E-state index contributed by atoms with van der Waals surface area (Å²) in [4.78, 5) is 0. The molecule has 2 fully saturated rings. The second-order valence-corrected chi connectivity index (χ2v) is 5.93. The monoisotopic (exact) mass is 183 g/mol. The highest BCUT2D eigenvalue weighted by Crippen LogP contribution is 2.71. The van der Waals surface area contributed by atoms with Crippen LogP contribution < -0.4 is 5.73 Å². The van der Waals surface area contributed by atoms with Crippen LogP contribution in [0.5, 0.6) is 0 Å².